The van der Waals surface area contributed by atoms with Crippen LogP contribution in [0.3, 0.4) is 0 Å². The zero-order valence-corrected chi connectivity index (χ0v) is 8.86. The van der Waals surface area contributed by atoms with Crippen molar-refractivity contribution in [2.75, 3.05) is 32.9 Å². The second-order valence-corrected chi connectivity index (χ2v) is 3.53. The van der Waals surface area contributed by atoms with Crippen molar-refractivity contribution in [1.82, 2.24) is 5.32 Å². The number of rotatable bonds is 5. The summed E-state index contributed by atoms with van der Waals surface area (Å²) in [6, 6.07) is 0. The zero-order chi connectivity index (χ0) is 11.1. The highest BCUT2D eigenvalue weighted by Crippen LogP contribution is 1.99. The molecule has 86 valence electrons. The van der Waals surface area contributed by atoms with E-state index in [2.05, 4.69) is 5.32 Å². The molecule has 1 heterocycles. The van der Waals surface area contributed by atoms with Crippen LogP contribution in [0.5, 0.6) is 0 Å². The first-order chi connectivity index (χ1) is 7.18. The predicted molar refractivity (Wildman–Crippen MR) is 54.8 cm³/mol. The average molecular weight is 215 g/mol. The maximum absolute atomic E-state index is 10.3. The van der Waals surface area contributed by atoms with E-state index in [-0.39, 0.29) is 6.10 Å². The Kier molecular flexibility index (Phi) is 5.31. The minimum Gasteiger partial charge on any atom is -0.478 e. The third kappa shape index (κ3) is 5.51. The van der Waals surface area contributed by atoms with Crippen LogP contribution < -0.4 is 5.32 Å². The Morgan fingerprint density at radius 3 is 3.00 bits per heavy atom. The minimum absolute atomic E-state index is 0.0800. The molecule has 0 saturated carbocycles. The van der Waals surface area contributed by atoms with Crippen molar-refractivity contribution in [3.8, 4) is 0 Å². The molecule has 15 heavy (non-hydrogen) atoms. The summed E-state index contributed by atoms with van der Waals surface area (Å²) < 4.78 is 10.6. The van der Waals surface area contributed by atoms with Crippen molar-refractivity contribution in [3.05, 3.63) is 11.6 Å². The van der Waals surface area contributed by atoms with E-state index < -0.39 is 5.97 Å². The molecule has 0 bridgehead atoms. The number of nitrogens with one attached hydrogen (secondary N) is 1. The number of ether oxygens (including phenoxy) is 2. The first kappa shape index (κ1) is 12.2. The molecule has 0 aromatic rings. The van der Waals surface area contributed by atoms with Crippen molar-refractivity contribution in [2.24, 2.45) is 0 Å². The zero-order valence-electron chi connectivity index (χ0n) is 8.86. The molecule has 1 fully saturated rings. The van der Waals surface area contributed by atoms with E-state index in [1.807, 2.05) is 0 Å². The fourth-order valence-corrected chi connectivity index (χ4v) is 1.35. The van der Waals surface area contributed by atoms with Gasteiger partial charge in [-0.3, -0.25) is 0 Å². The predicted octanol–water partition coefficient (Wildman–Crippen LogP) is 0.0223. The van der Waals surface area contributed by atoms with Gasteiger partial charge in [0.05, 0.1) is 25.9 Å². The summed E-state index contributed by atoms with van der Waals surface area (Å²) >= 11 is 0. The van der Waals surface area contributed by atoms with E-state index in [0.29, 0.717) is 32.9 Å². The minimum atomic E-state index is -0.911. The fourth-order valence-electron chi connectivity index (χ4n) is 1.35. The van der Waals surface area contributed by atoms with Crippen molar-refractivity contribution in [2.45, 2.75) is 13.0 Å². The summed E-state index contributed by atoms with van der Waals surface area (Å²) in [4.78, 5) is 10.3. The molecule has 0 aromatic carbocycles. The molecule has 1 atom stereocenters. The SMILES string of the molecule is CC(=CC(=O)O)CNCC1COCCO1. The largest absolute Gasteiger partial charge is 0.478 e. The molecule has 1 rings (SSSR count). The van der Waals surface area contributed by atoms with Gasteiger partial charge in [-0.25, -0.2) is 4.79 Å². The summed E-state index contributed by atoms with van der Waals surface area (Å²) in [6.45, 7) is 4.93. The Balaban J connectivity index is 2.12. The Morgan fingerprint density at radius 1 is 1.60 bits per heavy atom. The van der Waals surface area contributed by atoms with E-state index >= 15 is 0 Å². The molecule has 1 aliphatic heterocycles. The lowest BCUT2D eigenvalue weighted by Crippen LogP contribution is -2.37. The molecule has 0 aliphatic carbocycles. The number of carboxylic acids is 1. The van der Waals surface area contributed by atoms with Gasteiger partial charge in [-0.1, -0.05) is 5.57 Å². The van der Waals surface area contributed by atoms with Crippen LogP contribution in [0.15, 0.2) is 11.6 Å². The second kappa shape index (κ2) is 6.55. The van der Waals surface area contributed by atoms with Gasteiger partial charge in [0.15, 0.2) is 0 Å². The summed E-state index contributed by atoms with van der Waals surface area (Å²) in [7, 11) is 0. The van der Waals surface area contributed by atoms with Crippen LogP contribution in [0.2, 0.25) is 0 Å². The van der Waals surface area contributed by atoms with Crippen molar-refractivity contribution < 1.29 is 19.4 Å². The number of aliphatic carboxylic acids is 1. The van der Waals surface area contributed by atoms with E-state index in [4.69, 9.17) is 14.6 Å². The first-order valence-electron chi connectivity index (χ1n) is 4.98. The first-order valence-corrected chi connectivity index (χ1v) is 4.98. The molecule has 0 radical (unpaired) electrons. The Bertz CT molecular complexity index is 234. The van der Waals surface area contributed by atoms with Crippen LogP contribution in [0.1, 0.15) is 6.92 Å². The number of carbonyl (C=O) groups is 1. The summed E-state index contributed by atoms with van der Waals surface area (Å²) in [5.74, 6) is -0.911. The Hall–Kier alpha value is -0.910. The van der Waals surface area contributed by atoms with Gasteiger partial charge in [-0.15, -0.1) is 0 Å². The van der Waals surface area contributed by atoms with Gasteiger partial charge in [0.1, 0.15) is 0 Å². The van der Waals surface area contributed by atoms with Gasteiger partial charge in [-0.2, -0.15) is 0 Å². The summed E-state index contributed by atoms with van der Waals surface area (Å²) in [6.07, 6.45) is 1.28. The highest BCUT2D eigenvalue weighted by Gasteiger charge is 2.13. The van der Waals surface area contributed by atoms with Crippen molar-refractivity contribution in [1.29, 1.82) is 0 Å². The molecular weight excluding hydrogens is 198 g/mol. The molecule has 1 unspecified atom stereocenters. The summed E-state index contributed by atoms with van der Waals surface area (Å²) in [5, 5.41) is 11.6. The van der Waals surface area contributed by atoms with Gasteiger partial charge >= 0.3 is 5.97 Å². The molecule has 0 spiro atoms. The molecule has 0 amide bonds. The van der Waals surface area contributed by atoms with Crippen LogP contribution in [0, 0.1) is 0 Å². The van der Waals surface area contributed by atoms with Gasteiger partial charge in [-0.05, 0) is 6.92 Å². The van der Waals surface area contributed by atoms with Crippen LogP contribution in [-0.4, -0.2) is 50.1 Å². The molecule has 1 aliphatic rings. The van der Waals surface area contributed by atoms with Crippen molar-refractivity contribution in [3.63, 3.8) is 0 Å². The Labute approximate surface area is 89.1 Å². The van der Waals surface area contributed by atoms with Crippen molar-refractivity contribution >= 4 is 5.97 Å². The van der Waals surface area contributed by atoms with Gasteiger partial charge in [0, 0.05) is 19.2 Å². The van der Waals surface area contributed by atoms with E-state index in [9.17, 15) is 4.79 Å². The lowest BCUT2D eigenvalue weighted by molar-refractivity contribution is -0.131. The van der Waals surface area contributed by atoms with Crippen LogP contribution >= 0.6 is 0 Å². The highest BCUT2D eigenvalue weighted by molar-refractivity contribution is 5.80. The second-order valence-electron chi connectivity index (χ2n) is 3.53. The normalized spacial score (nSPS) is 22.7. The molecule has 0 aromatic heterocycles. The van der Waals surface area contributed by atoms with Gasteiger partial charge in [0.25, 0.3) is 0 Å². The fraction of sp³-hybridized carbons (Fsp3) is 0.700. The average Bonchev–Trinajstić information content (AvgIpc) is 2.18. The molecule has 5 heteroatoms. The molecular formula is C10H17NO4. The molecule has 5 nitrogen and oxygen atoms in total. The maximum atomic E-state index is 10.3. The van der Waals surface area contributed by atoms with Crippen LogP contribution in [0.4, 0.5) is 0 Å². The topological polar surface area (TPSA) is 67.8 Å². The maximum Gasteiger partial charge on any atom is 0.328 e. The number of hydrogen-bond acceptors (Lipinski definition) is 4. The lowest BCUT2D eigenvalue weighted by Gasteiger charge is -2.23. The third-order valence-corrected chi connectivity index (χ3v) is 2.03. The van der Waals surface area contributed by atoms with E-state index in [1.54, 1.807) is 6.92 Å². The lowest BCUT2D eigenvalue weighted by atomic mass is 10.2. The number of carboxylic acid groups (broad SMARTS) is 1. The highest BCUT2D eigenvalue weighted by atomic mass is 16.6. The molecule has 2 N–H and O–H groups in total. The monoisotopic (exact) mass is 215 g/mol. The smallest absolute Gasteiger partial charge is 0.328 e. The van der Waals surface area contributed by atoms with Gasteiger partial charge < -0.3 is 19.9 Å². The quantitative estimate of drug-likeness (QED) is 0.633. The van der Waals surface area contributed by atoms with Gasteiger partial charge in [0.2, 0.25) is 0 Å². The Morgan fingerprint density at radius 2 is 2.40 bits per heavy atom. The van der Waals surface area contributed by atoms with E-state index in [1.165, 1.54) is 6.08 Å². The summed E-state index contributed by atoms with van der Waals surface area (Å²) in [5.41, 5.74) is 0.791. The van der Waals surface area contributed by atoms with E-state index in [0.717, 1.165) is 5.57 Å². The van der Waals surface area contributed by atoms with Crippen LogP contribution in [0.25, 0.3) is 0 Å². The number of hydrogen-bond donors (Lipinski definition) is 2. The third-order valence-electron chi connectivity index (χ3n) is 2.03. The molecule has 1 saturated heterocycles. The standard InChI is InChI=1S/C10H17NO4/c1-8(4-10(12)13)5-11-6-9-7-14-2-3-15-9/h4,9,11H,2-3,5-7H2,1H3,(H,12,13). The van der Waals surface area contributed by atoms with Crippen LogP contribution in [-0.2, 0) is 14.3 Å².